The largest absolute Gasteiger partial charge is 0.360 e. The highest BCUT2D eigenvalue weighted by Crippen LogP contribution is 2.13. The fourth-order valence-corrected chi connectivity index (χ4v) is 3.55. The molecule has 1 unspecified atom stereocenters. The molecule has 1 aliphatic rings. The lowest BCUT2D eigenvalue weighted by atomic mass is 10.0. The minimum absolute atomic E-state index is 0.00317. The van der Waals surface area contributed by atoms with Crippen LogP contribution in [0.2, 0.25) is 0 Å². The molecule has 0 spiro atoms. The third kappa shape index (κ3) is 5.90. The van der Waals surface area contributed by atoms with Crippen LogP contribution in [0.25, 0.3) is 0 Å². The van der Waals surface area contributed by atoms with Crippen LogP contribution < -0.4 is 5.32 Å². The molecule has 7 nitrogen and oxygen atoms in total. The van der Waals surface area contributed by atoms with Gasteiger partial charge in [0.05, 0.1) is 18.7 Å². The molecule has 1 fully saturated rings. The van der Waals surface area contributed by atoms with Crippen LogP contribution in [0, 0.1) is 12.8 Å². The van der Waals surface area contributed by atoms with Gasteiger partial charge in [0.2, 0.25) is 11.8 Å². The molecule has 0 saturated carbocycles. The zero-order valence-corrected chi connectivity index (χ0v) is 17.4. The lowest BCUT2D eigenvalue weighted by molar-refractivity contribution is -0.139. The van der Waals surface area contributed by atoms with Crippen molar-refractivity contribution in [3.05, 3.63) is 53.4 Å². The third-order valence-corrected chi connectivity index (χ3v) is 5.20. The Hall–Kier alpha value is -2.67. The van der Waals surface area contributed by atoms with E-state index in [1.165, 1.54) is 0 Å². The molecule has 29 heavy (non-hydrogen) atoms. The summed E-state index contributed by atoms with van der Waals surface area (Å²) in [4.78, 5) is 29.6. The maximum Gasteiger partial charge on any atom is 0.245 e. The highest BCUT2D eigenvalue weighted by Gasteiger charge is 2.30. The third-order valence-electron chi connectivity index (χ3n) is 5.20. The first-order valence-electron chi connectivity index (χ1n) is 10.2. The van der Waals surface area contributed by atoms with Crippen molar-refractivity contribution in [2.75, 3.05) is 26.2 Å². The number of piperazine rings is 1. The van der Waals surface area contributed by atoms with Crippen LogP contribution in [0.4, 0.5) is 0 Å². The molecule has 2 amide bonds. The first kappa shape index (κ1) is 21.0. The fourth-order valence-electron chi connectivity index (χ4n) is 3.55. The number of carbonyl (C=O) groups is 2. The minimum atomic E-state index is -0.505. The van der Waals surface area contributed by atoms with Crippen molar-refractivity contribution < 1.29 is 14.1 Å². The van der Waals surface area contributed by atoms with Crippen molar-refractivity contribution in [2.24, 2.45) is 5.92 Å². The molecule has 0 aliphatic carbocycles. The first-order chi connectivity index (χ1) is 13.9. The molecule has 1 saturated heterocycles. The molecular formula is C22H30N4O3. The molecule has 0 radical (unpaired) electrons. The molecule has 1 atom stereocenters. The Morgan fingerprint density at radius 1 is 1.14 bits per heavy atom. The van der Waals surface area contributed by atoms with Crippen LogP contribution in [0.15, 0.2) is 40.9 Å². The Bertz CT molecular complexity index is 810. The molecule has 2 aromatic rings. The maximum atomic E-state index is 13.1. The molecule has 156 valence electrons. The summed E-state index contributed by atoms with van der Waals surface area (Å²) < 4.78 is 5.28. The van der Waals surface area contributed by atoms with Crippen molar-refractivity contribution in [3.63, 3.8) is 0 Å². The van der Waals surface area contributed by atoms with E-state index in [1.807, 2.05) is 62.1 Å². The molecule has 2 heterocycles. The van der Waals surface area contributed by atoms with Gasteiger partial charge in [-0.25, -0.2) is 0 Å². The van der Waals surface area contributed by atoms with E-state index in [0.717, 1.165) is 30.1 Å². The number of aryl methyl sites for hydroxylation is 1. The van der Waals surface area contributed by atoms with Crippen molar-refractivity contribution >= 4 is 11.8 Å². The van der Waals surface area contributed by atoms with Gasteiger partial charge < -0.3 is 14.7 Å². The monoisotopic (exact) mass is 398 g/mol. The molecule has 7 heteroatoms. The van der Waals surface area contributed by atoms with Gasteiger partial charge in [0.15, 0.2) is 5.76 Å². The number of nitrogens with one attached hydrogen (secondary N) is 1. The number of amides is 2. The van der Waals surface area contributed by atoms with Crippen molar-refractivity contribution in [1.82, 2.24) is 20.3 Å². The standard InChI is InChI=1S/C22H30N4O3/c1-16(2)21(23-20(27)14-18-7-5-4-6-8-18)22(28)26-11-9-25(10-12-26)15-19-13-17(3)24-29-19/h4-8,13,16,21H,9-12,14-15H2,1-3H3,(H,23,27). The number of aromatic nitrogens is 1. The van der Waals surface area contributed by atoms with Gasteiger partial charge in [-0.1, -0.05) is 49.3 Å². The lowest BCUT2D eigenvalue weighted by Gasteiger charge is -2.37. The van der Waals surface area contributed by atoms with Gasteiger partial charge in [-0.15, -0.1) is 0 Å². The summed E-state index contributed by atoms with van der Waals surface area (Å²) in [7, 11) is 0. The van der Waals surface area contributed by atoms with E-state index in [2.05, 4.69) is 15.4 Å². The van der Waals surface area contributed by atoms with E-state index in [0.29, 0.717) is 19.6 Å². The average Bonchev–Trinajstić information content (AvgIpc) is 3.11. The van der Waals surface area contributed by atoms with E-state index in [1.54, 1.807) is 0 Å². The summed E-state index contributed by atoms with van der Waals surface area (Å²) in [5, 5.41) is 6.87. The van der Waals surface area contributed by atoms with Gasteiger partial charge >= 0.3 is 0 Å². The molecule has 0 bridgehead atoms. The highest BCUT2D eigenvalue weighted by atomic mass is 16.5. The van der Waals surface area contributed by atoms with E-state index >= 15 is 0 Å². The summed E-state index contributed by atoms with van der Waals surface area (Å²) in [6, 6.07) is 11.0. The Balaban J connectivity index is 1.52. The van der Waals surface area contributed by atoms with E-state index in [9.17, 15) is 9.59 Å². The predicted molar refractivity (Wildman–Crippen MR) is 110 cm³/mol. The summed E-state index contributed by atoms with van der Waals surface area (Å²) in [6.07, 6.45) is 0.279. The Kier molecular flexibility index (Phi) is 7.04. The molecule has 1 aromatic heterocycles. The SMILES string of the molecule is Cc1cc(CN2CCN(C(=O)C(NC(=O)Cc3ccccc3)C(C)C)CC2)on1. The van der Waals surface area contributed by atoms with E-state index in [4.69, 9.17) is 4.52 Å². The van der Waals surface area contributed by atoms with Crippen LogP contribution >= 0.6 is 0 Å². The summed E-state index contributed by atoms with van der Waals surface area (Å²) in [6.45, 7) is 9.36. The summed E-state index contributed by atoms with van der Waals surface area (Å²) in [5.41, 5.74) is 1.82. The number of rotatable bonds is 7. The molecule has 3 rings (SSSR count). The molecular weight excluding hydrogens is 368 g/mol. The Labute approximate surface area is 172 Å². The minimum Gasteiger partial charge on any atom is -0.360 e. The number of carbonyl (C=O) groups excluding carboxylic acids is 2. The van der Waals surface area contributed by atoms with Crippen LogP contribution in [-0.4, -0.2) is 59.0 Å². The van der Waals surface area contributed by atoms with Gasteiger partial charge in [0.25, 0.3) is 0 Å². The number of hydrogen-bond donors (Lipinski definition) is 1. The van der Waals surface area contributed by atoms with Gasteiger partial charge in [0.1, 0.15) is 6.04 Å². The normalized spacial score (nSPS) is 16.1. The average molecular weight is 399 g/mol. The molecule has 1 aromatic carbocycles. The smallest absolute Gasteiger partial charge is 0.245 e. The van der Waals surface area contributed by atoms with Crippen molar-refractivity contribution in [1.29, 1.82) is 0 Å². The van der Waals surface area contributed by atoms with E-state index in [-0.39, 0.29) is 24.2 Å². The first-order valence-corrected chi connectivity index (χ1v) is 10.2. The highest BCUT2D eigenvalue weighted by molar-refractivity contribution is 5.88. The number of nitrogens with zero attached hydrogens (tertiary/aromatic N) is 3. The second-order valence-electron chi connectivity index (χ2n) is 7.99. The Morgan fingerprint density at radius 3 is 2.41 bits per heavy atom. The zero-order valence-electron chi connectivity index (χ0n) is 17.4. The van der Waals surface area contributed by atoms with Gasteiger partial charge in [-0.2, -0.15) is 0 Å². The predicted octanol–water partition coefficient (Wildman–Crippen LogP) is 2.01. The lowest BCUT2D eigenvalue weighted by Crippen LogP contribution is -2.56. The number of hydrogen-bond acceptors (Lipinski definition) is 5. The summed E-state index contributed by atoms with van der Waals surface area (Å²) >= 11 is 0. The Morgan fingerprint density at radius 2 is 1.83 bits per heavy atom. The molecule has 1 N–H and O–H groups in total. The van der Waals surface area contributed by atoms with Gasteiger partial charge in [0, 0.05) is 32.2 Å². The summed E-state index contributed by atoms with van der Waals surface area (Å²) in [5.74, 6) is 0.743. The second kappa shape index (κ2) is 9.69. The fraction of sp³-hybridized carbons (Fsp3) is 0.500. The van der Waals surface area contributed by atoms with Crippen LogP contribution in [0.3, 0.4) is 0 Å². The van der Waals surface area contributed by atoms with E-state index < -0.39 is 6.04 Å². The van der Waals surface area contributed by atoms with Gasteiger partial charge in [-0.05, 0) is 18.4 Å². The maximum absolute atomic E-state index is 13.1. The second-order valence-corrected chi connectivity index (χ2v) is 7.99. The number of benzene rings is 1. The zero-order chi connectivity index (χ0) is 20.8. The van der Waals surface area contributed by atoms with Gasteiger partial charge in [-0.3, -0.25) is 14.5 Å². The quantitative estimate of drug-likeness (QED) is 0.772. The molecule has 1 aliphatic heterocycles. The van der Waals surface area contributed by atoms with Crippen molar-refractivity contribution in [3.8, 4) is 0 Å². The van der Waals surface area contributed by atoms with Crippen LogP contribution in [0.5, 0.6) is 0 Å². The topological polar surface area (TPSA) is 78.7 Å². The van der Waals surface area contributed by atoms with Crippen LogP contribution in [-0.2, 0) is 22.6 Å². The van der Waals surface area contributed by atoms with Crippen molar-refractivity contribution in [2.45, 2.75) is 39.8 Å². The van der Waals surface area contributed by atoms with Crippen LogP contribution in [0.1, 0.15) is 30.9 Å².